The Labute approximate surface area is 189 Å². The molecule has 8 heteroatoms. The second-order valence-corrected chi connectivity index (χ2v) is 8.34. The first kappa shape index (κ1) is 20.5. The number of benzene rings is 2. The van der Waals surface area contributed by atoms with Gasteiger partial charge < -0.3 is 20.1 Å². The molecule has 1 aliphatic heterocycles. The summed E-state index contributed by atoms with van der Waals surface area (Å²) in [6, 6.07) is 15.4. The van der Waals surface area contributed by atoms with Gasteiger partial charge in [0.25, 0.3) is 5.56 Å². The molecule has 7 nitrogen and oxygen atoms in total. The maximum atomic E-state index is 12.9. The highest BCUT2D eigenvalue weighted by Gasteiger charge is 2.30. The Morgan fingerprint density at radius 1 is 1.19 bits per heavy atom. The molecule has 32 heavy (non-hydrogen) atoms. The number of nitrogens with zero attached hydrogens (tertiary/aromatic N) is 1. The highest BCUT2D eigenvalue weighted by molar-refractivity contribution is 7.71. The average Bonchev–Trinajstić information content (AvgIpc) is 3.18. The van der Waals surface area contributed by atoms with Crippen LogP contribution >= 0.6 is 12.2 Å². The minimum Gasteiger partial charge on any atom is -0.497 e. The van der Waals surface area contributed by atoms with Crippen LogP contribution in [0.2, 0.25) is 0 Å². The predicted octanol–water partition coefficient (Wildman–Crippen LogP) is 3.58. The van der Waals surface area contributed by atoms with Crippen LogP contribution in [0, 0.1) is 4.77 Å². The Balaban J connectivity index is 1.58. The van der Waals surface area contributed by atoms with E-state index in [1.54, 1.807) is 11.7 Å². The Morgan fingerprint density at radius 3 is 2.78 bits per heavy atom. The summed E-state index contributed by atoms with van der Waals surface area (Å²) < 4.78 is 7.20. The average molecular weight is 449 g/mol. The molecule has 0 aliphatic carbocycles. The van der Waals surface area contributed by atoms with E-state index in [9.17, 15) is 9.90 Å². The van der Waals surface area contributed by atoms with E-state index in [0.717, 1.165) is 39.9 Å². The summed E-state index contributed by atoms with van der Waals surface area (Å²) >= 11 is 5.37. The number of fused-ring (bicyclic) bond motifs is 3. The number of methoxy groups -OCH3 is 1. The molecule has 1 aliphatic rings. The fraction of sp³-hybridized carbons (Fsp3) is 0.250. The van der Waals surface area contributed by atoms with E-state index >= 15 is 0 Å². The number of hydrogen-bond donors (Lipinski definition) is 4. The quantitative estimate of drug-likeness (QED) is 0.350. The SMILES string of the molecule is COc1ccc2[nH]c3c(c2c1)CCN[C@@H]3c1c(O)n(CCc2ccccc2)c(=S)[nH]c1=O. The molecular formula is C24H24N4O3S. The van der Waals surface area contributed by atoms with Crippen LogP contribution in [-0.2, 0) is 19.4 Å². The number of aromatic hydroxyl groups is 1. The van der Waals surface area contributed by atoms with Crippen molar-refractivity contribution in [2.24, 2.45) is 0 Å². The monoisotopic (exact) mass is 448 g/mol. The van der Waals surface area contributed by atoms with Crippen molar-refractivity contribution in [1.82, 2.24) is 19.9 Å². The van der Waals surface area contributed by atoms with E-state index < -0.39 is 6.04 Å². The number of hydrogen-bond acceptors (Lipinski definition) is 5. The lowest BCUT2D eigenvalue weighted by Gasteiger charge is -2.25. The van der Waals surface area contributed by atoms with Crippen molar-refractivity contribution in [2.45, 2.75) is 25.4 Å². The minimum atomic E-state index is -0.473. The van der Waals surface area contributed by atoms with E-state index in [0.29, 0.717) is 19.5 Å². The molecule has 0 amide bonds. The van der Waals surface area contributed by atoms with Crippen molar-refractivity contribution in [1.29, 1.82) is 0 Å². The highest BCUT2D eigenvalue weighted by Crippen LogP contribution is 2.36. The lowest BCUT2D eigenvalue weighted by atomic mass is 9.95. The Hall–Kier alpha value is -3.36. The van der Waals surface area contributed by atoms with Crippen LogP contribution in [0.3, 0.4) is 0 Å². The van der Waals surface area contributed by atoms with E-state index in [1.807, 2.05) is 48.5 Å². The van der Waals surface area contributed by atoms with Gasteiger partial charge in [-0.25, -0.2) is 0 Å². The standard InChI is InChI=1S/C24H24N4O3S/c1-31-15-7-8-18-17(13-15)16-9-11-25-21(20(16)26-18)19-22(29)27-24(32)28(23(19)30)12-10-14-5-3-2-4-6-14/h2-8,13,21,25-26,30H,9-12H2,1H3,(H,27,29,32)/t21-/m1/s1. The van der Waals surface area contributed by atoms with Gasteiger partial charge in [-0.05, 0) is 54.4 Å². The molecule has 2 aromatic carbocycles. The third kappa shape index (κ3) is 3.51. The summed E-state index contributed by atoms with van der Waals surface area (Å²) in [5.41, 5.74) is 3.99. The molecule has 3 heterocycles. The van der Waals surface area contributed by atoms with Crippen LogP contribution in [0.5, 0.6) is 11.6 Å². The zero-order valence-electron chi connectivity index (χ0n) is 17.6. The molecule has 0 saturated carbocycles. The van der Waals surface area contributed by atoms with Crippen molar-refractivity contribution in [3.63, 3.8) is 0 Å². The Bertz CT molecular complexity index is 1400. The van der Waals surface area contributed by atoms with Gasteiger partial charge in [-0.3, -0.25) is 14.3 Å². The van der Waals surface area contributed by atoms with Gasteiger partial charge in [-0.2, -0.15) is 0 Å². The summed E-state index contributed by atoms with van der Waals surface area (Å²) in [5.74, 6) is 0.681. The predicted molar refractivity (Wildman–Crippen MR) is 126 cm³/mol. The topological polar surface area (TPSA) is 95.1 Å². The van der Waals surface area contributed by atoms with Crippen molar-refractivity contribution in [2.75, 3.05) is 13.7 Å². The third-order valence-electron chi connectivity index (χ3n) is 6.12. The number of nitrogens with one attached hydrogen (secondary N) is 3. The first-order chi connectivity index (χ1) is 15.6. The van der Waals surface area contributed by atoms with Gasteiger partial charge in [0, 0.05) is 29.7 Å². The molecular weight excluding hydrogens is 424 g/mol. The molecule has 4 N–H and O–H groups in total. The van der Waals surface area contributed by atoms with Crippen LogP contribution in [0.1, 0.15) is 28.4 Å². The number of aromatic amines is 2. The van der Waals surface area contributed by atoms with E-state index in [-0.39, 0.29) is 21.8 Å². The molecule has 0 bridgehead atoms. The van der Waals surface area contributed by atoms with Crippen LogP contribution < -0.4 is 15.6 Å². The number of ether oxygens (including phenoxy) is 1. The van der Waals surface area contributed by atoms with Gasteiger partial charge in [0.2, 0.25) is 5.88 Å². The first-order valence-electron chi connectivity index (χ1n) is 10.6. The molecule has 5 rings (SSSR count). The van der Waals surface area contributed by atoms with E-state index in [4.69, 9.17) is 17.0 Å². The number of aryl methyl sites for hydroxylation is 1. The van der Waals surface area contributed by atoms with Gasteiger partial charge in [0.1, 0.15) is 11.3 Å². The number of H-pyrrole nitrogens is 2. The molecule has 2 aromatic heterocycles. The van der Waals surface area contributed by atoms with Crippen LogP contribution in [0.4, 0.5) is 0 Å². The summed E-state index contributed by atoms with van der Waals surface area (Å²) in [4.78, 5) is 19.1. The number of aromatic nitrogens is 3. The normalized spacial score (nSPS) is 15.6. The van der Waals surface area contributed by atoms with Crippen LogP contribution in [-0.4, -0.2) is 33.3 Å². The summed E-state index contributed by atoms with van der Waals surface area (Å²) in [5, 5.41) is 15.6. The van der Waals surface area contributed by atoms with E-state index in [2.05, 4.69) is 15.3 Å². The Kier molecular flexibility index (Phi) is 5.32. The molecule has 0 spiro atoms. The van der Waals surface area contributed by atoms with Gasteiger partial charge in [-0.15, -0.1) is 0 Å². The van der Waals surface area contributed by atoms with Gasteiger partial charge >= 0.3 is 0 Å². The lowest BCUT2D eigenvalue weighted by molar-refractivity contribution is 0.386. The molecule has 0 unspecified atom stereocenters. The highest BCUT2D eigenvalue weighted by atomic mass is 32.1. The molecule has 0 saturated heterocycles. The largest absolute Gasteiger partial charge is 0.497 e. The first-order valence-corrected chi connectivity index (χ1v) is 11.0. The van der Waals surface area contributed by atoms with Crippen LogP contribution in [0.25, 0.3) is 10.9 Å². The minimum absolute atomic E-state index is 0.101. The zero-order valence-corrected chi connectivity index (χ0v) is 18.5. The summed E-state index contributed by atoms with van der Waals surface area (Å²) in [6.45, 7) is 1.14. The maximum absolute atomic E-state index is 12.9. The van der Waals surface area contributed by atoms with Crippen molar-refractivity contribution < 1.29 is 9.84 Å². The fourth-order valence-electron chi connectivity index (χ4n) is 4.51. The smallest absolute Gasteiger partial charge is 0.260 e. The summed E-state index contributed by atoms with van der Waals surface area (Å²) in [7, 11) is 1.65. The maximum Gasteiger partial charge on any atom is 0.260 e. The third-order valence-corrected chi connectivity index (χ3v) is 6.44. The summed E-state index contributed by atoms with van der Waals surface area (Å²) in [6.07, 6.45) is 1.49. The van der Waals surface area contributed by atoms with Gasteiger partial charge in [0.15, 0.2) is 4.77 Å². The molecule has 1 atom stereocenters. The van der Waals surface area contributed by atoms with Crippen molar-refractivity contribution in [3.05, 3.63) is 86.0 Å². The van der Waals surface area contributed by atoms with Crippen molar-refractivity contribution in [3.8, 4) is 11.6 Å². The zero-order chi connectivity index (χ0) is 22.2. The number of rotatable bonds is 5. The molecule has 4 aromatic rings. The fourth-order valence-corrected chi connectivity index (χ4v) is 4.78. The Morgan fingerprint density at radius 2 is 2.00 bits per heavy atom. The van der Waals surface area contributed by atoms with Gasteiger partial charge in [-0.1, -0.05) is 30.3 Å². The van der Waals surface area contributed by atoms with Crippen LogP contribution in [0.15, 0.2) is 53.3 Å². The van der Waals surface area contributed by atoms with E-state index in [1.165, 1.54) is 0 Å². The molecule has 0 radical (unpaired) electrons. The second-order valence-electron chi connectivity index (χ2n) is 7.95. The molecule has 0 fully saturated rings. The molecule has 164 valence electrons. The van der Waals surface area contributed by atoms with Gasteiger partial charge in [0.05, 0.1) is 13.2 Å². The second kappa shape index (κ2) is 8.29. The van der Waals surface area contributed by atoms with Crippen molar-refractivity contribution >= 4 is 23.1 Å². The lowest BCUT2D eigenvalue weighted by Crippen LogP contribution is -2.35.